The highest BCUT2D eigenvalue weighted by Crippen LogP contribution is 2.17. The molecule has 3 rings (SSSR count). The van der Waals surface area contributed by atoms with Crippen molar-refractivity contribution < 1.29 is 4.79 Å². The van der Waals surface area contributed by atoms with Crippen molar-refractivity contribution in [1.29, 1.82) is 0 Å². The number of carbonyl (C=O) groups is 1. The van der Waals surface area contributed by atoms with Crippen LogP contribution in [0.2, 0.25) is 0 Å². The van der Waals surface area contributed by atoms with E-state index in [2.05, 4.69) is 10.3 Å². The first kappa shape index (κ1) is 13.6. The van der Waals surface area contributed by atoms with Gasteiger partial charge < -0.3 is 9.88 Å². The maximum atomic E-state index is 12.2. The van der Waals surface area contributed by atoms with E-state index in [1.54, 1.807) is 5.38 Å². The van der Waals surface area contributed by atoms with Crippen LogP contribution in [0.5, 0.6) is 0 Å². The number of nitrogens with zero attached hydrogens (tertiary/aromatic N) is 2. The third-order valence-electron chi connectivity index (χ3n) is 3.20. The molecule has 106 valence electrons. The van der Waals surface area contributed by atoms with Gasteiger partial charge in [0, 0.05) is 17.8 Å². The molecule has 2 aromatic heterocycles. The van der Waals surface area contributed by atoms with Crippen molar-refractivity contribution in [2.24, 2.45) is 0 Å². The molecule has 1 atom stereocenters. The lowest BCUT2D eigenvalue weighted by Crippen LogP contribution is -2.26. The van der Waals surface area contributed by atoms with E-state index in [0.29, 0.717) is 5.69 Å². The molecule has 0 spiro atoms. The van der Waals surface area contributed by atoms with Crippen LogP contribution >= 0.6 is 11.3 Å². The van der Waals surface area contributed by atoms with Gasteiger partial charge in [0.05, 0.1) is 6.04 Å². The molecule has 0 saturated carbocycles. The second kappa shape index (κ2) is 5.93. The fraction of sp³-hybridized carbons (Fsp3) is 0.125. The SMILES string of the molecule is CC(NC(=O)c1csc(-n2cccc2)n1)c1ccccc1. The molecule has 4 nitrogen and oxygen atoms in total. The number of hydrogen-bond acceptors (Lipinski definition) is 3. The minimum atomic E-state index is -0.152. The zero-order valence-electron chi connectivity index (χ0n) is 11.6. The molecule has 2 heterocycles. The molecular formula is C16H15N3OS. The van der Waals surface area contributed by atoms with Gasteiger partial charge in [0.25, 0.3) is 5.91 Å². The van der Waals surface area contributed by atoms with Gasteiger partial charge in [-0.25, -0.2) is 4.98 Å². The quantitative estimate of drug-likeness (QED) is 0.802. The van der Waals surface area contributed by atoms with Gasteiger partial charge in [0.1, 0.15) is 5.69 Å². The molecule has 0 aliphatic heterocycles. The van der Waals surface area contributed by atoms with Crippen LogP contribution in [0, 0.1) is 0 Å². The predicted molar refractivity (Wildman–Crippen MR) is 83.8 cm³/mol. The Morgan fingerprint density at radius 1 is 1.19 bits per heavy atom. The summed E-state index contributed by atoms with van der Waals surface area (Å²) < 4.78 is 1.89. The average Bonchev–Trinajstić information content (AvgIpc) is 3.19. The van der Waals surface area contributed by atoms with Gasteiger partial charge in [0.2, 0.25) is 0 Å². The van der Waals surface area contributed by atoms with Gasteiger partial charge in [0.15, 0.2) is 5.13 Å². The number of thiazole rings is 1. The Balaban J connectivity index is 1.71. The molecule has 0 bridgehead atoms. The molecule has 1 N–H and O–H groups in total. The van der Waals surface area contributed by atoms with E-state index < -0.39 is 0 Å². The van der Waals surface area contributed by atoms with Crippen molar-refractivity contribution in [3.8, 4) is 5.13 Å². The van der Waals surface area contributed by atoms with Crippen molar-refractivity contribution in [1.82, 2.24) is 14.9 Å². The summed E-state index contributed by atoms with van der Waals surface area (Å²) in [7, 11) is 0. The van der Waals surface area contributed by atoms with Crippen LogP contribution in [-0.4, -0.2) is 15.5 Å². The number of benzene rings is 1. The highest BCUT2D eigenvalue weighted by Gasteiger charge is 2.14. The summed E-state index contributed by atoms with van der Waals surface area (Å²) in [5.41, 5.74) is 1.53. The van der Waals surface area contributed by atoms with E-state index in [4.69, 9.17) is 0 Å². The Kier molecular flexibility index (Phi) is 3.83. The topological polar surface area (TPSA) is 46.9 Å². The maximum absolute atomic E-state index is 12.2. The van der Waals surface area contributed by atoms with Crippen LogP contribution in [0.15, 0.2) is 60.2 Å². The lowest BCUT2D eigenvalue weighted by Gasteiger charge is -2.13. The maximum Gasteiger partial charge on any atom is 0.271 e. The molecule has 1 aromatic carbocycles. The Bertz CT molecular complexity index is 719. The highest BCUT2D eigenvalue weighted by atomic mass is 32.1. The minimum absolute atomic E-state index is 0.0459. The summed E-state index contributed by atoms with van der Waals surface area (Å²) in [4.78, 5) is 16.6. The molecule has 5 heteroatoms. The van der Waals surface area contributed by atoms with Crippen LogP contribution in [0.3, 0.4) is 0 Å². The average molecular weight is 297 g/mol. The summed E-state index contributed by atoms with van der Waals surface area (Å²) in [5.74, 6) is -0.152. The van der Waals surface area contributed by atoms with Crippen LogP contribution in [0.1, 0.15) is 29.0 Å². The van der Waals surface area contributed by atoms with E-state index in [1.165, 1.54) is 11.3 Å². The first-order valence-electron chi connectivity index (χ1n) is 6.69. The first-order valence-corrected chi connectivity index (χ1v) is 7.56. The number of amides is 1. The normalized spacial score (nSPS) is 12.0. The lowest BCUT2D eigenvalue weighted by molar-refractivity contribution is 0.0935. The summed E-state index contributed by atoms with van der Waals surface area (Å²) in [6.07, 6.45) is 3.82. The van der Waals surface area contributed by atoms with Gasteiger partial charge in [-0.05, 0) is 24.6 Å². The van der Waals surface area contributed by atoms with Crippen molar-refractivity contribution in [2.45, 2.75) is 13.0 Å². The summed E-state index contributed by atoms with van der Waals surface area (Å²) in [5, 5.41) is 5.54. The molecule has 0 aliphatic rings. The van der Waals surface area contributed by atoms with Gasteiger partial charge in [-0.3, -0.25) is 4.79 Å². The number of carbonyl (C=O) groups excluding carboxylic acids is 1. The Hall–Kier alpha value is -2.40. The zero-order chi connectivity index (χ0) is 14.7. The molecule has 21 heavy (non-hydrogen) atoms. The molecule has 0 fully saturated rings. The van der Waals surface area contributed by atoms with Gasteiger partial charge >= 0.3 is 0 Å². The van der Waals surface area contributed by atoms with Crippen molar-refractivity contribution in [3.63, 3.8) is 0 Å². The number of rotatable bonds is 4. The molecule has 1 unspecified atom stereocenters. The van der Waals surface area contributed by atoms with E-state index >= 15 is 0 Å². The van der Waals surface area contributed by atoms with E-state index in [1.807, 2.05) is 66.3 Å². The zero-order valence-corrected chi connectivity index (χ0v) is 12.4. The largest absolute Gasteiger partial charge is 0.344 e. The molecule has 0 saturated heterocycles. The fourth-order valence-corrected chi connectivity index (χ4v) is 2.82. The van der Waals surface area contributed by atoms with Crippen molar-refractivity contribution in [3.05, 3.63) is 71.5 Å². The lowest BCUT2D eigenvalue weighted by atomic mass is 10.1. The Labute approximate surface area is 127 Å². The van der Waals surface area contributed by atoms with Crippen molar-refractivity contribution in [2.75, 3.05) is 0 Å². The standard InChI is InChI=1S/C16H15N3OS/c1-12(13-7-3-2-4-8-13)17-15(20)14-11-21-16(18-14)19-9-5-6-10-19/h2-12H,1H3,(H,17,20). The molecule has 3 aromatic rings. The number of hydrogen-bond donors (Lipinski definition) is 1. The van der Waals surface area contributed by atoms with Gasteiger partial charge in [-0.1, -0.05) is 30.3 Å². The Morgan fingerprint density at radius 3 is 2.62 bits per heavy atom. The summed E-state index contributed by atoms with van der Waals surface area (Å²) in [6.45, 7) is 1.96. The number of nitrogens with one attached hydrogen (secondary N) is 1. The molecule has 1 amide bonds. The first-order chi connectivity index (χ1) is 10.2. The third-order valence-corrected chi connectivity index (χ3v) is 4.05. The monoisotopic (exact) mass is 297 g/mol. The fourth-order valence-electron chi connectivity index (χ4n) is 2.04. The highest BCUT2D eigenvalue weighted by molar-refractivity contribution is 7.12. The molecular weight excluding hydrogens is 282 g/mol. The smallest absolute Gasteiger partial charge is 0.271 e. The van der Waals surface area contributed by atoms with E-state index in [9.17, 15) is 4.79 Å². The third kappa shape index (κ3) is 3.03. The second-order valence-electron chi connectivity index (χ2n) is 4.71. The van der Waals surface area contributed by atoms with Gasteiger partial charge in [-0.2, -0.15) is 0 Å². The van der Waals surface area contributed by atoms with Crippen LogP contribution in [0.25, 0.3) is 5.13 Å². The van der Waals surface area contributed by atoms with Crippen LogP contribution in [-0.2, 0) is 0 Å². The van der Waals surface area contributed by atoms with Crippen molar-refractivity contribution >= 4 is 17.2 Å². The number of aromatic nitrogens is 2. The van der Waals surface area contributed by atoms with Gasteiger partial charge in [-0.15, -0.1) is 11.3 Å². The summed E-state index contributed by atoms with van der Waals surface area (Å²) in [6, 6.07) is 13.7. The second-order valence-corrected chi connectivity index (χ2v) is 5.55. The molecule has 0 radical (unpaired) electrons. The predicted octanol–water partition coefficient (Wildman–Crippen LogP) is 3.42. The van der Waals surface area contributed by atoms with E-state index in [-0.39, 0.29) is 11.9 Å². The minimum Gasteiger partial charge on any atom is -0.344 e. The van der Waals surface area contributed by atoms with Crippen LogP contribution in [0.4, 0.5) is 0 Å². The Morgan fingerprint density at radius 2 is 1.90 bits per heavy atom. The van der Waals surface area contributed by atoms with Crippen LogP contribution < -0.4 is 5.32 Å². The van der Waals surface area contributed by atoms with E-state index in [0.717, 1.165) is 10.7 Å². The molecule has 0 aliphatic carbocycles. The summed E-state index contributed by atoms with van der Waals surface area (Å²) >= 11 is 1.45.